The van der Waals surface area contributed by atoms with E-state index in [4.69, 9.17) is 0 Å². The van der Waals surface area contributed by atoms with E-state index in [1.165, 1.54) is 6.07 Å². The number of benzene rings is 3. The number of amides is 3. The number of nitrogens with one attached hydrogen (secondary N) is 3. The van der Waals surface area contributed by atoms with E-state index in [0.717, 1.165) is 17.7 Å². The molecule has 0 heterocycles. The summed E-state index contributed by atoms with van der Waals surface area (Å²) in [7, 11) is 3.61. The highest BCUT2D eigenvalue weighted by Gasteiger charge is 2.15. The lowest BCUT2D eigenvalue weighted by atomic mass is 10.1. The van der Waals surface area contributed by atoms with Crippen LogP contribution >= 0.6 is 0 Å². The highest BCUT2D eigenvalue weighted by atomic mass is 19.1. The minimum atomic E-state index is -0.890. The number of carbonyl (C=O) groups excluding carboxylic acids is 2. The van der Waals surface area contributed by atoms with Gasteiger partial charge >= 0.3 is 6.03 Å². The second-order valence-corrected chi connectivity index (χ2v) is 7.00. The van der Waals surface area contributed by atoms with Crippen molar-refractivity contribution in [3.8, 4) is 0 Å². The van der Waals surface area contributed by atoms with Crippen molar-refractivity contribution in [3.63, 3.8) is 0 Å². The Labute approximate surface area is 178 Å². The molecule has 0 spiro atoms. The minimum Gasteiger partial charge on any atom is -0.377 e. The summed E-state index contributed by atoms with van der Waals surface area (Å²) in [4.78, 5) is 26.8. The maximum atomic E-state index is 13.7. The summed E-state index contributed by atoms with van der Waals surface area (Å²) in [5.74, 6) is -1.94. The third kappa shape index (κ3) is 5.79. The van der Waals surface area contributed by atoms with Crippen molar-refractivity contribution in [1.82, 2.24) is 5.32 Å². The normalized spacial score (nSPS) is 10.3. The Kier molecular flexibility index (Phi) is 6.81. The molecule has 0 fully saturated rings. The second-order valence-electron chi connectivity index (χ2n) is 7.00. The lowest BCUT2D eigenvalue weighted by Gasteiger charge is -2.19. The van der Waals surface area contributed by atoms with Crippen LogP contribution < -0.4 is 20.9 Å². The molecule has 6 nitrogen and oxygen atoms in total. The zero-order valence-electron chi connectivity index (χ0n) is 17.1. The van der Waals surface area contributed by atoms with Crippen LogP contribution in [0.2, 0.25) is 0 Å². The maximum absolute atomic E-state index is 13.7. The van der Waals surface area contributed by atoms with E-state index in [2.05, 4.69) is 16.0 Å². The Hall–Kier alpha value is -3.94. The fraction of sp³-hybridized carbons (Fsp3) is 0.130. The molecule has 3 aromatic carbocycles. The van der Waals surface area contributed by atoms with Gasteiger partial charge in [-0.25, -0.2) is 13.6 Å². The molecule has 8 heteroatoms. The molecule has 0 saturated heterocycles. The van der Waals surface area contributed by atoms with Crippen LogP contribution in [0.1, 0.15) is 15.9 Å². The van der Waals surface area contributed by atoms with E-state index in [-0.39, 0.29) is 11.6 Å². The third-order valence-electron chi connectivity index (χ3n) is 4.46. The summed E-state index contributed by atoms with van der Waals surface area (Å²) in [5.41, 5.74) is 2.17. The second kappa shape index (κ2) is 9.71. The van der Waals surface area contributed by atoms with Gasteiger partial charge in [-0.1, -0.05) is 30.3 Å². The van der Waals surface area contributed by atoms with E-state index in [1.54, 1.807) is 31.1 Å². The number of hydrogen-bond donors (Lipinski definition) is 3. The lowest BCUT2D eigenvalue weighted by Crippen LogP contribution is -2.26. The Morgan fingerprint density at radius 3 is 2.32 bits per heavy atom. The summed E-state index contributed by atoms with van der Waals surface area (Å²) in [6.45, 7) is 0.356. The van der Waals surface area contributed by atoms with Crippen LogP contribution in [0.3, 0.4) is 0 Å². The molecule has 31 heavy (non-hydrogen) atoms. The van der Waals surface area contributed by atoms with E-state index >= 15 is 0 Å². The Morgan fingerprint density at radius 1 is 0.903 bits per heavy atom. The van der Waals surface area contributed by atoms with E-state index in [1.807, 2.05) is 30.3 Å². The fourth-order valence-electron chi connectivity index (χ4n) is 2.93. The van der Waals surface area contributed by atoms with Gasteiger partial charge in [0, 0.05) is 38.1 Å². The third-order valence-corrected chi connectivity index (χ3v) is 4.46. The number of halogens is 2. The average molecular weight is 424 g/mol. The van der Waals surface area contributed by atoms with Crippen molar-refractivity contribution in [3.05, 3.63) is 89.5 Å². The number of hydrogen-bond acceptors (Lipinski definition) is 3. The predicted octanol–water partition coefficient (Wildman–Crippen LogP) is 4.60. The van der Waals surface area contributed by atoms with Gasteiger partial charge in [0.25, 0.3) is 5.91 Å². The van der Waals surface area contributed by atoms with Gasteiger partial charge in [-0.3, -0.25) is 4.79 Å². The first-order valence-electron chi connectivity index (χ1n) is 9.50. The largest absolute Gasteiger partial charge is 0.377 e. The summed E-state index contributed by atoms with van der Waals surface area (Å²) < 4.78 is 26.8. The van der Waals surface area contributed by atoms with Crippen molar-refractivity contribution in [2.24, 2.45) is 0 Å². The van der Waals surface area contributed by atoms with Gasteiger partial charge < -0.3 is 20.9 Å². The molecule has 3 aromatic rings. The Morgan fingerprint density at radius 2 is 1.65 bits per heavy atom. The number of urea groups is 1. The SMILES string of the molecule is CN(C)c1ccc(NC(=O)Nc2ccc(F)cc2F)cc1C(=O)NCc1ccccc1. The summed E-state index contributed by atoms with van der Waals surface area (Å²) in [6.07, 6.45) is 0. The quantitative estimate of drug-likeness (QED) is 0.541. The van der Waals surface area contributed by atoms with E-state index in [9.17, 15) is 18.4 Å². The number of carbonyl (C=O) groups is 2. The summed E-state index contributed by atoms with van der Waals surface area (Å²) in [6, 6.07) is 16.5. The minimum absolute atomic E-state index is 0.162. The van der Waals surface area contributed by atoms with Crippen molar-refractivity contribution in [2.75, 3.05) is 29.6 Å². The van der Waals surface area contributed by atoms with Crippen LogP contribution in [-0.4, -0.2) is 26.0 Å². The van der Waals surface area contributed by atoms with Gasteiger partial charge in [0.15, 0.2) is 0 Å². The van der Waals surface area contributed by atoms with Crippen LogP contribution in [-0.2, 0) is 6.54 Å². The molecule has 160 valence electrons. The molecule has 0 unspecified atom stereocenters. The maximum Gasteiger partial charge on any atom is 0.323 e. The van der Waals surface area contributed by atoms with Crippen molar-refractivity contribution < 1.29 is 18.4 Å². The zero-order chi connectivity index (χ0) is 22.4. The predicted molar refractivity (Wildman–Crippen MR) is 117 cm³/mol. The molecule has 3 N–H and O–H groups in total. The van der Waals surface area contributed by atoms with Crippen LogP contribution in [0.4, 0.5) is 30.6 Å². The van der Waals surface area contributed by atoms with Gasteiger partial charge in [0.05, 0.1) is 11.3 Å². The standard InChI is InChI=1S/C23H22F2N4O2/c1-29(2)21-11-9-17(27-23(31)28-20-10-8-16(24)12-19(20)25)13-18(21)22(30)26-14-15-6-4-3-5-7-15/h3-13H,14H2,1-2H3,(H,26,30)(H2,27,28,31). The Bertz CT molecular complexity index is 1090. The van der Waals surface area contributed by atoms with Gasteiger partial charge in [0.2, 0.25) is 0 Å². The molecule has 0 atom stereocenters. The number of nitrogens with zero attached hydrogens (tertiary/aromatic N) is 1. The van der Waals surface area contributed by atoms with Crippen molar-refractivity contribution in [2.45, 2.75) is 6.54 Å². The van der Waals surface area contributed by atoms with E-state index in [0.29, 0.717) is 29.5 Å². The van der Waals surface area contributed by atoms with Gasteiger partial charge in [-0.05, 0) is 35.9 Å². The van der Waals surface area contributed by atoms with Crippen LogP contribution in [0, 0.1) is 11.6 Å². The van der Waals surface area contributed by atoms with Gasteiger partial charge in [-0.15, -0.1) is 0 Å². The molecule has 3 amide bonds. The topological polar surface area (TPSA) is 73.5 Å². The molecule has 0 saturated carbocycles. The van der Waals surface area contributed by atoms with Gasteiger partial charge in [0.1, 0.15) is 11.6 Å². The lowest BCUT2D eigenvalue weighted by molar-refractivity contribution is 0.0951. The summed E-state index contributed by atoms with van der Waals surface area (Å²) >= 11 is 0. The molecule has 0 aliphatic carbocycles. The molecule has 3 rings (SSSR count). The molecule has 0 radical (unpaired) electrons. The molecular weight excluding hydrogens is 402 g/mol. The van der Waals surface area contributed by atoms with E-state index < -0.39 is 17.7 Å². The first-order valence-corrected chi connectivity index (χ1v) is 9.50. The first-order chi connectivity index (χ1) is 14.8. The summed E-state index contributed by atoms with van der Waals surface area (Å²) in [5, 5.41) is 7.74. The van der Waals surface area contributed by atoms with Crippen LogP contribution in [0.5, 0.6) is 0 Å². The van der Waals surface area contributed by atoms with Crippen molar-refractivity contribution >= 4 is 29.0 Å². The highest BCUT2D eigenvalue weighted by molar-refractivity contribution is 6.04. The van der Waals surface area contributed by atoms with Crippen LogP contribution in [0.15, 0.2) is 66.7 Å². The molecule has 0 aliphatic rings. The molecular formula is C23H22F2N4O2. The monoisotopic (exact) mass is 424 g/mol. The molecule has 0 aliphatic heterocycles. The first kappa shape index (κ1) is 21.8. The fourth-order valence-corrected chi connectivity index (χ4v) is 2.93. The molecule has 0 bridgehead atoms. The number of anilines is 3. The Balaban J connectivity index is 1.74. The number of rotatable bonds is 6. The van der Waals surface area contributed by atoms with Crippen molar-refractivity contribution in [1.29, 1.82) is 0 Å². The average Bonchev–Trinajstić information content (AvgIpc) is 2.74. The van der Waals surface area contributed by atoms with Crippen LogP contribution in [0.25, 0.3) is 0 Å². The molecule has 0 aromatic heterocycles. The highest BCUT2D eigenvalue weighted by Crippen LogP contribution is 2.24. The van der Waals surface area contributed by atoms with Gasteiger partial charge in [-0.2, -0.15) is 0 Å². The smallest absolute Gasteiger partial charge is 0.323 e. The zero-order valence-corrected chi connectivity index (χ0v) is 17.1.